The van der Waals surface area contributed by atoms with E-state index in [1.807, 2.05) is 24.3 Å². The van der Waals surface area contributed by atoms with Crippen LogP contribution in [0.4, 0.5) is 0 Å². The lowest BCUT2D eigenvalue weighted by Crippen LogP contribution is -2.47. The molecule has 0 unspecified atom stereocenters. The van der Waals surface area contributed by atoms with Crippen LogP contribution in [-0.2, 0) is 17.9 Å². The summed E-state index contributed by atoms with van der Waals surface area (Å²) in [6.07, 6.45) is 8.88. The number of carbonyl (C=O) groups is 1. The van der Waals surface area contributed by atoms with Gasteiger partial charge >= 0.3 is 0 Å². The standard InChI is InChI=1S/C20H27NO2/c22-13-15-3-1-14(2-4-15)12-21-19(23)11-20-8-16-5-17(9-20)7-18(6-16)10-20/h1-4,16-18,22H,5-13H2,(H,21,23). The second-order valence-corrected chi connectivity index (χ2v) is 8.35. The molecule has 0 aromatic heterocycles. The van der Waals surface area contributed by atoms with Crippen molar-refractivity contribution < 1.29 is 9.90 Å². The van der Waals surface area contributed by atoms with E-state index >= 15 is 0 Å². The van der Waals surface area contributed by atoms with E-state index in [2.05, 4.69) is 5.32 Å². The van der Waals surface area contributed by atoms with Gasteiger partial charge in [0.15, 0.2) is 0 Å². The number of aliphatic hydroxyl groups is 1. The summed E-state index contributed by atoms with van der Waals surface area (Å²) in [4.78, 5) is 12.5. The quantitative estimate of drug-likeness (QED) is 0.875. The van der Waals surface area contributed by atoms with Crippen molar-refractivity contribution in [2.45, 2.75) is 58.1 Å². The zero-order chi connectivity index (χ0) is 15.9. The molecule has 5 rings (SSSR count). The first-order chi connectivity index (χ1) is 11.1. The van der Waals surface area contributed by atoms with Crippen LogP contribution in [0.1, 0.15) is 56.1 Å². The van der Waals surface area contributed by atoms with Gasteiger partial charge in [0.05, 0.1) is 6.61 Å². The smallest absolute Gasteiger partial charge is 0.220 e. The van der Waals surface area contributed by atoms with E-state index in [1.54, 1.807) is 0 Å². The third kappa shape index (κ3) is 3.16. The summed E-state index contributed by atoms with van der Waals surface area (Å²) in [6, 6.07) is 7.80. The van der Waals surface area contributed by atoms with Crippen molar-refractivity contribution in [3.8, 4) is 0 Å². The molecule has 4 fully saturated rings. The third-order valence-corrected chi connectivity index (χ3v) is 6.40. The SMILES string of the molecule is O=C(CC12CC3CC(CC(C3)C1)C2)NCc1ccc(CO)cc1. The van der Waals surface area contributed by atoms with Crippen LogP contribution in [0.3, 0.4) is 0 Å². The minimum Gasteiger partial charge on any atom is -0.392 e. The minimum atomic E-state index is 0.0681. The van der Waals surface area contributed by atoms with Gasteiger partial charge in [0.25, 0.3) is 0 Å². The Labute approximate surface area is 138 Å². The molecule has 1 aromatic rings. The first-order valence-electron chi connectivity index (χ1n) is 9.09. The minimum absolute atomic E-state index is 0.0681. The highest BCUT2D eigenvalue weighted by molar-refractivity contribution is 5.76. The highest BCUT2D eigenvalue weighted by Crippen LogP contribution is 2.61. The molecule has 1 aromatic carbocycles. The van der Waals surface area contributed by atoms with Crippen molar-refractivity contribution >= 4 is 5.91 Å². The summed E-state index contributed by atoms with van der Waals surface area (Å²) in [6.45, 7) is 0.662. The molecule has 0 aliphatic heterocycles. The first-order valence-corrected chi connectivity index (χ1v) is 9.09. The van der Waals surface area contributed by atoms with Crippen LogP contribution in [-0.4, -0.2) is 11.0 Å². The summed E-state index contributed by atoms with van der Waals surface area (Å²) in [5, 5.41) is 12.2. The van der Waals surface area contributed by atoms with Gasteiger partial charge in [-0.3, -0.25) is 4.79 Å². The Hall–Kier alpha value is -1.35. The Balaban J connectivity index is 1.33. The molecule has 0 heterocycles. The van der Waals surface area contributed by atoms with E-state index in [9.17, 15) is 4.79 Å². The summed E-state index contributed by atoms with van der Waals surface area (Å²) in [7, 11) is 0. The maximum Gasteiger partial charge on any atom is 0.220 e. The van der Waals surface area contributed by atoms with Crippen LogP contribution in [0.15, 0.2) is 24.3 Å². The molecule has 4 aliphatic rings. The second kappa shape index (κ2) is 5.94. The fourth-order valence-electron chi connectivity index (χ4n) is 5.87. The van der Waals surface area contributed by atoms with Crippen LogP contribution in [0, 0.1) is 23.2 Å². The average Bonchev–Trinajstić information content (AvgIpc) is 2.51. The van der Waals surface area contributed by atoms with Crippen molar-refractivity contribution in [2.75, 3.05) is 0 Å². The largest absolute Gasteiger partial charge is 0.392 e. The maximum atomic E-state index is 12.5. The van der Waals surface area contributed by atoms with Gasteiger partial charge in [0, 0.05) is 13.0 Å². The van der Waals surface area contributed by atoms with E-state index in [0.717, 1.165) is 35.3 Å². The van der Waals surface area contributed by atoms with Crippen LogP contribution in [0.5, 0.6) is 0 Å². The van der Waals surface area contributed by atoms with Crippen molar-refractivity contribution in [3.05, 3.63) is 35.4 Å². The Morgan fingerprint density at radius 1 is 1.00 bits per heavy atom. The number of amides is 1. The molecule has 0 spiro atoms. The molecule has 124 valence electrons. The van der Waals surface area contributed by atoms with Gasteiger partial charge in [0.1, 0.15) is 0 Å². The lowest BCUT2D eigenvalue weighted by atomic mass is 9.49. The highest BCUT2D eigenvalue weighted by Gasteiger charge is 2.51. The number of carbonyl (C=O) groups excluding carboxylic acids is 1. The van der Waals surface area contributed by atoms with Gasteiger partial charge in [-0.25, -0.2) is 0 Å². The van der Waals surface area contributed by atoms with Crippen molar-refractivity contribution in [3.63, 3.8) is 0 Å². The second-order valence-electron chi connectivity index (χ2n) is 8.35. The van der Waals surface area contributed by atoms with E-state index in [0.29, 0.717) is 12.0 Å². The highest BCUT2D eigenvalue weighted by atomic mass is 16.3. The summed E-state index contributed by atoms with van der Waals surface area (Å²) >= 11 is 0. The Bertz CT molecular complexity index is 543. The van der Waals surface area contributed by atoms with Gasteiger partial charge in [-0.15, -0.1) is 0 Å². The summed E-state index contributed by atoms with van der Waals surface area (Å²) < 4.78 is 0. The van der Waals surface area contributed by atoms with E-state index in [-0.39, 0.29) is 12.5 Å². The molecule has 0 atom stereocenters. The van der Waals surface area contributed by atoms with E-state index in [4.69, 9.17) is 5.11 Å². The molecule has 4 aliphatic carbocycles. The number of hydrogen-bond donors (Lipinski definition) is 2. The molecule has 4 bridgehead atoms. The molecule has 0 saturated heterocycles. The van der Waals surface area contributed by atoms with Gasteiger partial charge in [-0.1, -0.05) is 24.3 Å². The van der Waals surface area contributed by atoms with Gasteiger partial charge < -0.3 is 10.4 Å². The number of aliphatic hydroxyl groups excluding tert-OH is 1. The Morgan fingerprint density at radius 2 is 1.52 bits per heavy atom. The molecular formula is C20H27NO2. The normalized spacial score (nSPS) is 34.6. The number of rotatable bonds is 5. The molecule has 1 amide bonds. The summed E-state index contributed by atoms with van der Waals surface area (Å²) in [5.41, 5.74) is 2.33. The fraction of sp³-hybridized carbons (Fsp3) is 0.650. The van der Waals surface area contributed by atoms with Crippen LogP contribution >= 0.6 is 0 Å². The predicted molar refractivity (Wildman–Crippen MR) is 89.4 cm³/mol. The molecule has 2 N–H and O–H groups in total. The zero-order valence-corrected chi connectivity index (χ0v) is 13.8. The van der Waals surface area contributed by atoms with Crippen molar-refractivity contribution in [1.82, 2.24) is 5.32 Å². The number of hydrogen-bond acceptors (Lipinski definition) is 2. The van der Waals surface area contributed by atoms with Crippen LogP contribution < -0.4 is 5.32 Å². The van der Waals surface area contributed by atoms with Crippen LogP contribution in [0.25, 0.3) is 0 Å². The average molecular weight is 313 g/mol. The zero-order valence-electron chi connectivity index (χ0n) is 13.8. The van der Waals surface area contributed by atoms with Crippen molar-refractivity contribution in [2.24, 2.45) is 23.2 Å². The predicted octanol–water partition coefficient (Wildman–Crippen LogP) is 3.40. The third-order valence-electron chi connectivity index (χ3n) is 6.40. The molecule has 3 nitrogen and oxygen atoms in total. The fourth-order valence-corrected chi connectivity index (χ4v) is 5.87. The van der Waals surface area contributed by atoms with Gasteiger partial charge in [0.2, 0.25) is 5.91 Å². The van der Waals surface area contributed by atoms with Gasteiger partial charge in [-0.2, -0.15) is 0 Å². The molecule has 0 radical (unpaired) electrons. The van der Waals surface area contributed by atoms with Crippen molar-refractivity contribution in [1.29, 1.82) is 0 Å². The molecule has 23 heavy (non-hydrogen) atoms. The lowest BCUT2D eigenvalue weighted by molar-refractivity contribution is -0.129. The molecular weight excluding hydrogens is 286 g/mol. The molecule has 3 heteroatoms. The Kier molecular flexibility index (Phi) is 3.92. The maximum absolute atomic E-state index is 12.5. The van der Waals surface area contributed by atoms with E-state index < -0.39 is 0 Å². The topological polar surface area (TPSA) is 49.3 Å². The number of benzene rings is 1. The monoisotopic (exact) mass is 313 g/mol. The van der Waals surface area contributed by atoms with E-state index in [1.165, 1.54) is 38.5 Å². The molecule has 4 saturated carbocycles. The summed E-state index contributed by atoms with van der Waals surface area (Å²) in [5.74, 6) is 2.93. The van der Waals surface area contributed by atoms with Crippen LogP contribution in [0.2, 0.25) is 0 Å². The van der Waals surface area contributed by atoms with Gasteiger partial charge in [-0.05, 0) is 72.8 Å². The number of nitrogens with one attached hydrogen (secondary N) is 1. The first kappa shape index (κ1) is 15.2. The Morgan fingerprint density at radius 3 is 2.04 bits per heavy atom. The lowest BCUT2D eigenvalue weighted by Gasteiger charge is -2.56.